The lowest BCUT2D eigenvalue weighted by atomic mass is 9.68. The molecular weight excluding hydrogens is 470 g/mol. The van der Waals surface area contributed by atoms with Gasteiger partial charge in [-0.3, -0.25) is 0 Å². The SMILES string of the molecule is O=C(O)c1cccc(C(c2cccc(C(=O)O)c2C(=O)O)(C(F)(F)F)C(F)(F)F)c1C(=O)O. The third-order valence-corrected chi connectivity index (χ3v) is 4.68. The molecule has 0 spiro atoms. The summed E-state index contributed by atoms with van der Waals surface area (Å²) < 4.78 is 86.4. The highest BCUT2D eigenvalue weighted by atomic mass is 19.4. The molecule has 176 valence electrons. The average molecular weight is 480 g/mol. The summed E-state index contributed by atoms with van der Waals surface area (Å²) in [5.74, 6) is -9.31. The second-order valence-electron chi connectivity index (χ2n) is 6.42. The largest absolute Gasteiger partial charge is 0.478 e. The standard InChI is InChI=1S/C19H10F6O8/c20-18(21,22)17(19(23,24)25,9-5-1-3-7(13(26)27)11(9)15(30)31)10-6-2-4-8(14(28)29)12(10)16(32)33/h1-6H,(H,26,27)(H,28,29)(H,30,31)(H,32,33). The molecular formula is C19H10F6O8. The fourth-order valence-corrected chi connectivity index (χ4v) is 3.46. The molecule has 2 aromatic carbocycles. The molecule has 0 radical (unpaired) electrons. The van der Waals surface area contributed by atoms with Crippen molar-refractivity contribution in [2.24, 2.45) is 0 Å². The Morgan fingerprint density at radius 2 is 0.848 bits per heavy atom. The van der Waals surface area contributed by atoms with Gasteiger partial charge < -0.3 is 20.4 Å². The van der Waals surface area contributed by atoms with Crippen LogP contribution in [0.4, 0.5) is 26.3 Å². The molecule has 2 aromatic rings. The van der Waals surface area contributed by atoms with Crippen LogP contribution >= 0.6 is 0 Å². The smallest absolute Gasteiger partial charge is 0.411 e. The second kappa shape index (κ2) is 8.11. The van der Waals surface area contributed by atoms with Gasteiger partial charge in [-0.15, -0.1) is 0 Å². The zero-order valence-corrected chi connectivity index (χ0v) is 15.7. The molecule has 0 fully saturated rings. The fourth-order valence-electron chi connectivity index (χ4n) is 3.46. The molecule has 2 rings (SSSR count). The van der Waals surface area contributed by atoms with Gasteiger partial charge in [-0.05, 0) is 23.3 Å². The van der Waals surface area contributed by atoms with Crippen LogP contribution in [0.1, 0.15) is 52.6 Å². The number of benzene rings is 2. The zero-order valence-electron chi connectivity index (χ0n) is 15.7. The Labute approximate surface area is 178 Å². The summed E-state index contributed by atoms with van der Waals surface area (Å²) in [6.45, 7) is 0. The van der Waals surface area contributed by atoms with Gasteiger partial charge in [-0.25, -0.2) is 19.2 Å². The van der Waals surface area contributed by atoms with Crippen molar-refractivity contribution in [3.63, 3.8) is 0 Å². The number of carboxylic acids is 4. The lowest BCUT2D eigenvalue weighted by Crippen LogP contribution is -2.56. The molecule has 0 atom stereocenters. The highest BCUT2D eigenvalue weighted by Gasteiger charge is 2.74. The summed E-state index contributed by atoms with van der Waals surface area (Å²) in [6, 6.07) is 1.79. The Kier molecular flexibility index (Phi) is 6.18. The van der Waals surface area contributed by atoms with Crippen LogP contribution in [0.25, 0.3) is 0 Å². The minimum Gasteiger partial charge on any atom is -0.478 e. The van der Waals surface area contributed by atoms with E-state index in [0.717, 1.165) is 0 Å². The van der Waals surface area contributed by atoms with Crippen molar-refractivity contribution in [1.29, 1.82) is 0 Å². The van der Waals surface area contributed by atoms with Crippen LogP contribution in [0.15, 0.2) is 36.4 Å². The summed E-state index contributed by atoms with van der Waals surface area (Å²) in [5, 5.41) is 37.0. The predicted molar refractivity (Wildman–Crippen MR) is 93.6 cm³/mol. The Morgan fingerprint density at radius 1 is 0.545 bits per heavy atom. The molecule has 0 saturated heterocycles. The number of carbonyl (C=O) groups is 4. The highest BCUT2D eigenvalue weighted by Crippen LogP contribution is 2.58. The first kappa shape index (κ1) is 25.2. The molecule has 0 aliphatic carbocycles. The number of alkyl halides is 6. The number of carboxylic acid groups (broad SMARTS) is 4. The van der Waals surface area contributed by atoms with Gasteiger partial charge >= 0.3 is 36.2 Å². The van der Waals surface area contributed by atoms with E-state index >= 15 is 0 Å². The van der Waals surface area contributed by atoms with Crippen LogP contribution in [0.5, 0.6) is 0 Å². The first-order chi connectivity index (χ1) is 15.0. The van der Waals surface area contributed by atoms with Gasteiger partial charge in [-0.1, -0.05) is 24.3 Å². The molecule has 0 aliphatic heterocycles. The first-order valence-electron chi connectivity index (χ1n) is 8.33. The molecule has 0 bridgehead atoms. The van der Waals surface area contributed by atoms with Crippen LogP contribution in [-0.4, -0.2) is 56.7 Å². The van der Waals surface area contributed by atoms with Crippen LogP contribution in [0, 0.1) is 0 Å². The van der Waals surface area contributed by atoms with Gasteiger partial charge in [-0.2, -0.15) is 26.3 Å². The van der Waals surface area contributed by atoms with Crippen molar-refractivity contribution in [2.45, 2.75) is 17.8 Å². The number of aromatic carboxylic acids is 4. The monoisotopic (exact) mass is 480 g/mol. The van der Waals surface area contributed by atoms with Crippen LogP contribution in [-0.2, 0) is 5.41 Å². The van der Waals surface area contributed by atoms with E-state index in [1.807, 2.05) is 0 Å². The Morgan fingerprint density at radius 3 is 1.06 bits per heavy atom. The zero-order chi connectivity index (χ0) is 25.5. The van der Waals surface area contributed by atoms with E-state index in [4.69, 9.17) is 10.2 Å². The summed E-state index contributed by atoms with van der Waals surface area (Å²) in [5.41, 5.74) is -16.4. The van der Waals surface area contributed by atoms with Crippen LogP contribution in [0.3, 0.4) is 0 Å². The maximum atomic E-state index is 14.4. The quantitative estimate of drug-likeness (QED) is 0.455. The van der Waals surface area contributed by atoms with E-state index in [-0.39, 0.29) is 12.1 Å². The van der Waals surface area contributed by atoms with Gasteiger partial charge in [0.1, 0.15) is 0 Å². The van der Waals surface area contributed by atoms with Crippen molar-refractivity contribution in [1.82, 2.24) is 0 Å². The number of hydrogen-bond donors (Lipinski definition) is 4. The molecule has 0 saturated carbocycles. The van der Waals surface area contributed by atoms with E-state index in [1.54, 1.807) is 0 Å². The van der Waals surface area contributed by atoms with E-state index in [9.17, 15) is 55.7 Å². The first-order valence-corrected chi connectivity index (χ1v) is 8.33. The van der Waals surface area contributed by atoms with Crippen LogP contribution in [0.2, 0.25) is 0 Å². The Bertz CT molecular complexity index is 1070. The summed E-state index contributed by atoms with van der Waals surface area (Å²) in [7, 11) is 0. The normalized spacial score (nSPS) is 12.3. The topological polar surface area (TPSA) is 149 Å². The van der Waals surface area contributed by atoms with E-state index in [2.05, 4.69) is 0 Å². The Balaban J connectivity index is 3.35. The second-order valence-corrected chi connectivity index (χ2v) is 6.42. The van der Waals surface area contributed by atoms with Gasteiger partial charge in [0.05, 0.1) is 22.3 Å². The molecule has 0 amide bonds. The van der Waals surface area contributed by atoms with E-state index in [1.165, 1.54) is 0 Å². The van der Waals surface area contributed by atoms with E-state index in [0.29, 0.717) is 24.3 Å². The third kappa shape index (κ3) is 3.83. The van der Waals surface area contributed by atoms with Crippen molar-refractivity contribution < 1.29 is 65.9 Å². The summed E-state index contributed by atoms with van der Waals surface area (Å²) in [4.78, 5) is 46.1. The lowest BCUT2D eigenvalue weighted by Gasteiger charge is -2.40. The molecule has 0 aromatic heterocycles. The number of hydrogen-bond acceptors (Lipinski definition) is 4. The minimum absolute atomic E-state index is 0.0376. The minimum atomic E-state index is -6.52. The Hall–Kier alpha value is -4.10. The van der Waals surface area contributed by atoms with Gasteiger partial charge in [0.2, 0.25) is 5.41 Å². The molecule has 0 unspecified atom stereocenters. The van der Waals surface area contributed by atoms with Crippen molar-refractivity contribution in [3.8, 4) is 0 Å². The molecule has 8 nitrogen and oxygen atoms in total. The lowest BCUT2D eigenvalue weighted by molar-refractivity contribution is -0.288. The van der Waals surface area contributed by atoms with Crippen molar-refractivity contribution in [2.75, 3.05) is 0 Å². The van der Waals surface area contributed by atoms with Crippen LogP contribution < -0.4 is 0 Å². The highest BCUT2D eigenvalue weighted by molar-refractivity contribution is 6.05. The molecule has 0 aliphatic rings. The maximum Gasteiger partial charge on any atom is 0.411 e. The molecule has 4 N–H and O–H groups in total. The number of rotatable bonds is 6. The molecule has 0 heterocycles. The van der Waals surface area contributed by atoms with E-state index < -0.39 is 75.0 Å². The average Bonchev–Trinajstić information content (AvgIpc) is 2.65. The molecule has 14 heteroatoms. The number of halogens is 6. The molecule has 33 heavy (non-hydrogen) atoms. The predicted octanol–water partition coefficient (Wildman–Crippen LogP) is 3.89. The van der Waals surface area contributed by atoms with Gasteiger partial charge in [0.15, 0.2) is 0 Å². The maximum absolute atomic E-state index is 14.4. The van der Waals surface area contributed by atoms with Gasteiger partial charge in [0.25, 0.3) is 0 Å². The van der Waals surface area contributed by atoms with Crippen molar-refractivity contribution >= 4 is 23.9 Å². The summed E-state index contributed by atoms with van der Waals surface area (Å²) in [6.07, 6.45) is -13.0. The van der Waals surface area contributed by atoms with Crippen molar-refractivity contribution in [3.05, 3.63) is 69.8 Å². The summed E-state index contributed by atoms with van der Waals surface area (Å²) >= 11 is 0. The van der Waals surface area contributed by atoms with Gasteiger partial charge in [0, 0.05) is 0 Å². The fraction of sp³-hybridized carbons (Fsp3) is 0.158. The third-order valence-electron chi connectivity index (χ3n) is 4.68.